The predicted molar refractivity (Wildman–Crippen MR) is 121 cm³/mol. The van der Waals surface area contributed by atoms with E-state index in [1.165, 1.54) is 0 Å². The summed E-state index contributed by atoms with van der Waals surface area (Å²) in [6, 6.07) is 20.5. The van der Waals surface area contributed by atoms with E-state index in [1.54, 1.807) is 25.3 Å². The molecule has 3 aromatic rings. The van der Waals surface area contributed by atoms with E-state index in [4.69, 9.17) is 25.8 Å². The van der Waals surface area contributed by atoms with Gasteiger partial charge in [-0.3, -0.25) is 0 Å². The van der Waals surface area contributed by atoms with E-state index in [-0.39, 0.29) is 5.70 Å². The van der Waals surface area contributed by atoms with Crippen LogP contribution in [0.4, 0.5) is 0 Å². The van der Waals surface area contributed by atoms with Gasteiger partial charge in [0.15, 0.2) is 17.2 Å². The number of rotatable bonds is 6. The van der Waals surface area contributed by atoms with Crippen molar-refractivity contribution >= 4 is 29.5 Å². The molecule has 4 rings (SSSR count). The van der Waals surface area contributed by atoms with Gasteiger partial charge in [0, 0.05) is 16.1 Å². The van der Waals surface area contributed by atoms with Crippen molar-refractivity contribution in [2.24, 2.45) is 4.99 Å². The maximum atomic E-state index is 12.3. The number of hydrogen-bond donors (Lipinski definition) is 0. The third-order valence-corrected chi connectivity index (χ3v) is 5.12. The Balaban J connectivity index is 1.54. The summed E-state index contributed by atoms with van der Waals surface area (Å²) in [5, 5.41) is 0.643. The number of carbonyl (C=O) groups is 1. The molecule has 0 saturated heterocycles. The molecule has 1 aliphatic rings. The lowest BCUT2D eigenvalue weighted by Crippen LogP contribution is -2.05. The Morgan fingerprint density at radius 3 is 2.55 bits per heavy atom. The molecule has 0 bridgehead atoms. The van der Waals surface area contributed by atoms with Crippen LogP contribution in [0.5, 0.6) is 11.5 Å². The second-order valence-electron chi connectivity index (χ2n) is 6.99. The number of ether oxygens (including phenoxy) is 3. The molecule has 0 N–H and O–H groups in total. The number of cyclic esters (lactones) is 1. The molecule has 1 heterocycles. The third kappa shape index (κ3) is 4.78. The largest absolute Gasteiger partial charge is 0.493 e. The molecule has 0 spiro atoms. The second-order valence-corrected chi connectivity index (χ2v) is 7.40. The fourth-order valence-electron chi connectivity index (χ4n) is 3.05. The van der Waals surface area contributed by atoms with Gasteiger partial charge in [-0.25, -0.2) is 9.79 Å². The SMILES string of the molecule is COc1cc(/C=C2\N=C(c3ccc(C)cc3)OC2=O)ccc1OCc1ccccc1Cl. The lowest BCUT2D eigenvalue weighted by Gasteiger charge is -2.12. The van der Waals surface area contributed by atoms with Crippen LogP contribution in [0, 0.1) is 6.92 Å². The minimum Gasteiger partial charge on any atom is -0.493 e. The molecule has 0 saturated carbocycles. The zero-order valence-corrected chi connectivity index (χ0v) is 17.8. The normalized spacial score (nSPS) is 14.4. The van der Waals surface area contributed by atoms with Gasteiger partial charge in [-0.15, -0.1) is 0 Å². The molecule has 0 unspecified atom stereocenters. The van der Waals surface area contributed by atoms with Crippen LogP contribution in [0.2, 0.25) is 5.02 Å². The highest BCUT2D eigenvalue weighted by Crippen LogP contribution is 2.31. The molecular formula is C25H20ClNO4. The molecule has 0 atom stereocenters. The maximum Gasteiger partial charge on any atom is 0.363 e. The molecule has 0 fully saturated rings. The van der Waals surface area contributed by atoms with Gasteiger partial charge in [0.05, 0.1) is 7.11 Å². The predicted octanol–water partition coefficient (Wildman–Crippen LogP) is 5.58. The van der Waals surface area contributed by atoms with Gasteiger partial charge in [0.1, 0.15) is 6.61 Å². The van der Waals surface area contributed by atoms with Crippen LogP contribution in [0.3, 0.4) is 0 Å². The lowest BCUT2D eigenvalue weighted by atomic mass is 10.1. The first-order chi connectivity index (χ1) is 15.0. The van der Waals surface area contributed by atoms with Crippen molar-refractivity contribution in [2.75, 3.05) is 7.11 Å². The van der Waals surface area contributed by atoms with Crippen LogP contribution in [-0.4, -0.2) is 19.0 Å². The highest BCUT2D eigenvalue weighted by atomic mass is 35.5. The van der Waals surface area contributed by atoms with Gasteiger partial charge < -0.3 is 14.2 Å². The molecule has 5 nitrogen and oxygen atoms in total. The maximum absolute atomic E-state index is 12.3. The quantitative estimate of drug-likeness (QED) is 0.376. The highest BCUT2D eigenvalue weighted by molar-refractivity contribution is 6.31. The average Bonchev–Trinajstić information content (AvgIpc) is 3.14. The summed E-state index contributed by atoms with van der Waals surface area (Å²) in [6.45, 7) is 2.31. The fourth-order valence-corrected chi connectivity index (χ4v) is 3.24. The highest BCUT2D eigenvalue weighted by Gasteiger charge is 2.24. The Bertz CT molecular complexity index is 1180. The van der Waals surface area contributed by atoms with Crippen molar-refractivity contribution < 1.29 is 19.0 Å². The van der Waals surface area contributed by atoms with Crippen molar-refractivity contribution in [3.8, 4) is 11.5 Å². The number of aryl methyl sites for hydroxylation is 1. The Labute approximate surface area is 185 Å². The fraction of sp³-hybridized carbons (Fsp3) is 0.120. The first-order valence-corrected chi connectivity index (χ1v) is 10.0. The summed E-state index contributed by atoms with van der Waals surface area (Å²) in [5.41, 5.74) is 3.71. The van der Waals surface area contributed by atoms with Crippen LogP contribution >= 0.6 is 11.6 Å². The molecule has 0 aliphatic carbocycles. The van der Waals surface area contributed by atoms with Crippen LogP contribution in [0.25, 0.3) is 6.08 Å². The van der Waals surface area contributed by atoms with Gasteiger partial charge in [-0.05, 0) is 48.9 Å². The summed E-state index contributed by atoms with van der Waals surface area (Å²) >= 11 is 6.19. The minimum atomic E-state index is -0.492. The molecule has 0 amide bonds. The van der Waals surface area contributed by atoms with Gasteiger partial charge >= 0.3 is 5.97 Å². The Morgan fingerprint density at radius 2 is 1.81 bits per heavy atom. The number of benzene rings is 3. The number of aliphatic imine (C=N–C) groups is 1. The number of carbonyl (C=O) groups excluding carboxylic acids is 1. The molecule has 0 aromatic heterocycles. The molecule has 6 heteroatoms. The number of methoxy groups -OCH3 is 1. The zero-order chi connectivity index (χ0) is 21.8. The number of halogens is 1. The summed E-state index contributed by atoms with van der Waals surface area (Å²) in [4.78, 5) is 16.6. The van der Waals surface area contributed by atoms with Crippen molar-refractivity contribution in [2.45, 2.75) is 13.5 Å². The average molecular weight is 434 g/mol. The van der Waals surface area contributed by atoms with Gasteiger partial charge in [0.2, 0.25) is 5.90 Å². The van der Waals surface area contributed by atoms with E-state index < -0.39 is 5.97 Å². The van der Waals surface area contributed by atoms with Crippen molar-refractivity contribution in [1.29, 1.82) is 0 Å². The number of hydrogen-bond acceptors (Lipinski definition) is 5. The first kappa shape index (κ1) is 20.7. The molecule has 156 valence electrons. The summed E-state index contributed by atoms with van der Waals surface area (Å²) in [6.07, 6.45) is 1.66. The van der Waals surface area contributed by atoms with E-state index in [0.717, 1.165) is 22.3 Å². The summed E-state index contributed by atoms with van der Waals surface area (Å²) < 4.78 is 16.7. The van der Waals surface area contributed by atoms with Crippen LogP contribution in [0.15, 0.2) is 77.4 Å². The zero-order valence-electron chi connectivity index (χ0n) is 17.1. The number of esters is 1. The van der Waals surface area contributed by atoms with E-state index in [9.17, 15) is 4.79 Å². The second kappa shape index (κ2) is 9.06. The van der Waals surface area contributed by atoms with Crippen molar-refractivity contribution in [3.63, 3.8) is 0 Å². The minimum absolute atomic E-state index is 0.224. The van der Waals surface area contributed by atoms with Crippen LogP contribution in [0.1, 0.15) is 22.3 Å². The molecule has 31 heavy (non-hydrogen) atoms. The Kier molecular flexibility index (Phi) is 6.05. The monoisotopic (exact) mass is 433 g/mol. The van der Waals surface area contributed by atoms with E-state index in [1.807, 2.05) is 61.5 Å². The summed E-state index contributed by atoms with van der Waals surface area (Å²) in [5.74, 6) is 0.911. The lowest BCUT2D eigenvalue weighted by molar-refractivity contribution is -0.129. The first-order valence-electron chi connectivity index (χ1n) is 9.67. The number of nitrogens with zero attached hydrogens (tertiary/aromatic N) is 1. The van der Waals surface area contributed by atoms with Crippen molar-refractivity contribution in [1.82, 2.24) is 0 Å². The van der Waals surface area contributed by atoms with Crippen molar-refractivity contribution in [3.05, 3.63) is 99.7 Å². The Morgan fingerprint density at radius 1 is 1.03 bits per heavy atom. The summed E-state index contributed by atoms with van der Waals surface area (Å²) in [7, 11) is 1.56. The Hall–Kier alpha value is -3.57. The third-order valence-electron chi connectivity index (χ3n) is 4.75. The molecule has 3 aromatic carbocycles. The molecule has 0 radical (unpaired) electrons. The van der Waals surface area contributed by atoms with Gasteiger partial charge in [0.25, 0.3) is 0 Å². The molecular weight excluding hydrogens is 414 g/mol. The van der Waals surface area contributed by atoms with E-state index in [2.05, 4.69) is 4.99 Å². The van der Waals surface area contributed by atoms with Gasteiger partial charge in [-0.1, -0.05) is 53.6 Å². The van der Waals surface area contributed by atoms with Gasteiger partial charge in [-0.2, -0.15) is 0 Å². The topological polar surface area (TPSA) is 57.1 Å². The smallest absolute Gasteiger partial charge is 0.363 e. The van der Waals surface area contributed by atoms with E-state index in [0.29, 0.717) is 29.0 Å². The van der Waals surface area contributed by atoms with Crippen LogP contribution < -0.4 is 9.47 Å². The standard InChI is InChI=1S/C25H20ClNO4/c1-16-7-10-18(11-8-16)24-27-21(25(28)31-24)13-17-9-12-22(23(14-17)29-2)30-15-19-5-3-4-6-20(19)26/h3-14H,15H2,1-2H3/b21-13-. The molecule has 1 aliphatic heterocycles. The van der Waals surface area contributed by atoms with E-state index >= 15 is 0 Å². The van der Waals surface area contributed by atoms with Crippen LogP contribution in [-0.2, 0) is 16.1 Å².